The molecule has 0 atom stereocenters. The molecule has 0 radical (unpaired) electrons. The van der Waals surface area contributed by atoms with Gasteiger partial charge < -0.3 is 15.2 Å². The van der Waals surface area contributed by atoms with Crippen LogP contribution in [0.4, 0.5) is 0 Å². The maximum Gasteiger partial charge on any atom is 0.262 e. The summed E-state index contributed by atoms with van der Waals surface area (Å²) in [7, 11) is 3.21. The predicted octanol–water partition coefficient (Wildman–Crippen LogP) is 1.59. The lowest BCUT2D eigenvalue weighted by molar-refractivity contribution is 0.0948. The second kappa shape index (κ2) is 7.09. The second-order valence-electron chi connectivity index (χ2n) is 5.86. The van der Waals surface area contributed by atoms with Gasteiger partial charge in [0.05, 0.1) is 16.6 Å². The van der Waals surface area contributed by atoms with Gasteiger partial charge in [0.25, 0.3) is 17.4 Å². The van der Waals surface area contributed by atoms with Gasteiger partial charge >= 0.3 is 0 Å². The highest BCUT2D eigenvalue weighted by Crippen LogP contribution is 2.26. The Kier molecular flexibility index (Phi) is 4.85. The molecule has 0 bridgehead atoms. The number of hydrogen-bond donors (Lipinski definition) is 2. The fourth-order valence-electron chi connectivity index (χ4n) is 2.61. The van der Waals surface area contributed by atoms with Crippen LogP contribution in [0.1, 0.15) is 31.2 Å². The van der Waals surface area contributed by atoms with Crippen LogP contribution in [0.15, 0.2) is 35.4 Å². The summed E-state index contributed by atoms with van der Waals surface area (Å²) in [6.45, 7) is 2.08. The van der Waals surface area contributed by atoms with Crippen molar-refractivity contribution in [2.24, 2.45) is 7.05 Å². The van der Waals surface area contributed by atoms with Gasteiger partial charge in [-0.3, -0.25) is 14.4 Å². The quantitative estimate of drug-likeness (QED) is 0.729. The first kappa shape index (κ1) is 17.8. The van der Waals surface area contributed by atoms with E-state index < -0.39 is 0 Å². The molecule has 0 unspecified atom stereocenters. The summed E-state index contributed by atoms with van der Waals surface area (Å²) in [5.74, 6) is -0.404. The number of carbonyl (C=O) groups is 2. The lowest BCUT2D eigenvalue weighted by atomic mass is 10.1. The molecule has 26 heavy (non-hydrogen) atoms. The predicted molar refractivity (Wildman–Crippen MR) is 101 cm³/mol. The van der Waals surface area contributed by atoms with Crippen LogP contribution >= 0.6 is 11.3 Å². The maximum atomic E-state index is 12.5. The lowest BCUT2D eigenvalue weighted by Crippen LogP contribution is -2.23. The van der Waals surface area contributed by atoms with Gasteiger partial charge in [0.1, 0.15) is 4.83 Å². The zero-order valence-corrected chi connectivity index (χ0v) is 15.4. The molecule has 0 saturated carbocycles. The summed E-state index contributed by atoms with van der Waals surface area (Å²) in [5.41, 5.74) is 1.92. The van der Waals surface area contributed by atoms with Crippen LogP contribution in [-0.2, 0) is 13.6 Å². The van der Waals surface area contributed by atoms with Gasteiger partial charge in [-0.25, -0.2) is 4.98 Å². The van der Waals surface area contributed by atoms with E-state index in [1.807, 2.05) is 0 Å². The molecule has 0 aliphatic heterocycles. The summed E-state index contributed by atoms with van der Waals surface area (Å²) in [6.07, 6.45) is 1.45. The Morgan fingerprint density at radius 3 is 2.54 bits per heavy atom. The number of aromatic nitrogens is 2. The average molecular weight is 370 g/mol. The first-order valence-corrected chi connectivity index (χ1v) is 8.78. The third kappa shape index (κ3) is 3.23. The Morgan fingerprint density at radius 1 is 1.19 bits per heavy atom. The van der Waals surface area contributed by atoms with Crippen LogP contribution in [0.5, 0.6) is 0 Å². The van der Waals surface area contributed by atoms with Crippen molar-refractivity contribution in [2.45, 2.75) is 13.5 Å². The number of rotatable bonds is 4. The van der Waals surface area contributed by atoms with E-state index in [0.717, 1.165) is 5.56 Å². The van der Waals surface area contributed by atoms with Crippen LogP contribution in [0.25, 0.3) is 10.2 Å². The normalized spacial score (nSPS) is 10.7. The molecular weight excluding hydrogens is 352 g/mol. The molecule has 1 aromatic carbocycles. The van der Waals surface area contributed by atoms with Crippen molar-refractivity contribution in [1.82, 2.24) is 20.2 Å². The first-order valence-electron chi connectivity index (χ1n) is 7.96. The molecule has 3 rings (SSSR count). The molecule has 7 nitrogen and oxygen atoms in total. The minimum absolute atomic E-state index is 0.157. The van der Waals surface area contributed by atoms with Crippen LogP contribution in [0.2, 0.25) is 0 Å². The number of aryl methyl sites for hydroxylation is 2. The van der Waals surface area contributed by atoms with Gasteiger partial charge in [0, 0.05) is 26.2 Å². The van der Waals surface area contributed by atoms with Crippen LogP contribution in [0.3, 0.4) is 0 Å². The summed E-state index contributed by atoms with van der Waals surface area (Å²) in [5, 5.41) is 5.89. The second-order valence-corrected chi connectivity index (χ2v) is 6.85. The molecule has 2 heterocycles. The average Bonchev–Trinajstić information content (AvgIpc) is 3.00. The summed E-state index contributed by atoms with van der Waals surface area (Å²) in [4.78, 5) is 41.6. The van der Waals surface area contributed by atoms with E-state index in [9.17, 15) is 14.4 Å². The number of fused-ring (bicyclic) bond motifs is 1. The Morgan fingerprint density at radius 2 is 1.88 bits per heavy atom. The molecule has 2 amide bonds. The third-order valence-corrected chi connectivity index (χ3v) is 5.31. The molecule has 0 spiro atoms. The van der Waals surface area contributed by atoms with Gasteiger partial charge in [-0.1, -0.05) is 12.1 Å². The molecule has 0 aliphatic carbocycles. The van der Waals surface area contributed by atoms with E-state index in [0.29, 0.717) is 32.8 Å². The van der Waals surface area contributed by atoms with Crippen LogP contribution in [-0.4, -0.2) is 28.4 Å². The molecule has 0 aliphatic rings. The van der Waals surface area contributed by atoms with Crippen LogP contribution in [0, 0.1) is 6.92 Å². The third-order valence-electron chi connectivity index (χ3n) is 4.11. The van der Waals surface area contributed by atoms with Crippen molar-refractivity contribution in [3.8, 4) is 0 Å². The zero-order valence-electron chi connectivity index (χ0n) is 14.6. The van der Waals surface area contributed by atoms with E-state index in [1.165, 1.54) is 22.2 Å². The molecular formula is C18H18N4O3S. The fourth-order valence-corrected chi connectivity index (χ4v) is 3.66. The van der Waals surface area contributed by atoms with Gasteiger partial charge in [-0.05, 0) is 30.2 Å². The summed E-state index contributed by atoms with van der Waals surface area (Å²) >= 11 is 1.21. The topological polar surface area (TPSA) is 93.1 Å². The number of nitrogens with zero attached hydrogens (tertiary/aromatic N) is 2. The molecule has 0 saturated heterocycles. The minimum atomic E-state index is -0.247. The minimum Gasteiger partial charge on any atom is -0.355 e. The Hall–Kier alpha value is -3.00. The number of hydrogen-bond acceptors (Lipinski definition) is 5. The van der Waals surface area contributed by atoms with Gasteiger partial charge in [-0.15, -0.1) is 11.3 Å². The van der Waals surface area contributed by atoms with E-state index >= 15 is 0 Å². The first-order chi connectivity index (χ1) is 12.4. The molecule has 8 heteroatoms. The van der Waals surface area contributed by atoms with Crippen LogP contribution < -0.4 is 16.2 Å². The van der Waals surface area contributed by atoms with Crippen molar-refractivity contribution in [1.29, 1.82) is 0 Å². The van der Waals surface area contributed by atoms with Crippen molar-refractivity contribution in [3.63, 3.8) is 0 Å². The SMILES string of the molecule is CNC(=O)c1ccc(CNC(=O)c2sc3ncn(C)c(=O)c3c2C)cc1. The molecule has 2 N–H and O–H groups in total. The van der Waals surface area contributed by atoms with E-state index in [-0.39, 0.29) is 17.4 Å². The highest BCUT2D eigenvalue weighted by molar-refractivity contribution is 7.20. The Labute approximate surface area is 153 Å². The molecule has 134 valence electrons. The molecule has 0 fully saturated rings. The standard InChI is InChI=1S/C18H18N4O3S/c1-10-13-17(21-9-22(3)18(13)25)26-14(10)16(24)20-8-11-4-6-12(7-5-11)15(23)19-2/h4-7,9H,8H2,1-3H3,(H,19,23)(H,20,24). The summed E-state index contributed by atoms with van der Waals surface area (Å²) in [6, 6.07) is 7.00. The largest absolute Gasteiger partial charge is 0.355 e. The van der Waals surface area contributed by atoms with E-state index in [1.54, 1.807) is 45.3 Å². The van der Waals surface area contributed by atoms with Crippen molar-refractivity contribution in [3.05, 3.63) is 62.5 Å². The highest BCUT2D eigenvalue weighted by Gasteiger charge is 2.18. The van der Waals surface area contributed by atoms with Crippen molar-refractivity contribution >= 4 is 33.4 Å². The van der Waals surface area contributed by atoms with Gasteiger partial charge in [0.2, 0.25) is 0 Å². The van der Waals surface area contributed by atoms with Gasteiger partial charge in [-0.2, -0.15) is 0 Å². The van der Waals surface area contributed by atoms with E-state index in [4.69, 9.17) is 0 Å². The number of amides is 2. The van der Waals surface area contributed by atoms with Gasteiger partial charge in [0.15, 0.2) is 0 Å². The number of carbonyl (C=O) groups excluding carboxylic acids is 2. The molecule has 2 aromatic heterocycles. The Bertz CT molecular complexity index is 1050. The highest BCUT2D eigenvalue weighted by atomic mass is 32.1. The lowest BCUT2D eigenvalue weighted by Gasteiger charge is -2.06. The smallest absolute Gasteiger partial charge is 0.262 e. The van der Waals surface area contributed by atoms with Crippen molar-refractivity contribution < 1.29 is 9.59 Å². The zero-order chi connectivity index (χ0) is 18.8. The van der Waals surface area contributed by atoms with E-state index in [2.05, 4.69) is 15.6 Å². The maximum absolute atomic E-state index is 12.5. The Balaban J connectivity index is 1.77. The van der Waals surface area contributed by atoms with Crippen molar-refractivity contribution in [2.75, 3.05) is 7.05 Å². The fraction of sp³-hybridized carbons (Fsp3) is 0.222. The number of benzene rings is 1. The monoisotopic (exact) mass is 370 g/mol. The summed E-state index contributed by atoms with van der Waals surface area (Å²) < 4.78 is 1.40. The number of thiophene rings is 1. The number of nitrogens with one attached hydrogen (secondary N) is 2. The molecule has 3 aromatic rings.